The molecule has 0 atom stereocenters. The van der Waals surface area contributed by atoms with Gasteiger partial charge in [-0.15, -0.1) is 11.3 Å². The fourth-order valence-electron chi connectivity index (χ4n) is 2.25. The summed E-state index contributed by atoms with van der Waals surface area (Å²) in [6.45, 7) is 0.998. The van der Waals surface area contributed by atoms with Gasteiger partial charge in [0.1, 0.15) is 5.01 Å². The zero-order valence-electron chi connectivity index (χ0n) is 9.65. The molecule has 1 aliphatic carbocycles. The van der Waals surface area contributed by atoms with Crippen molar-refractivity contribution in [3.05, 3.63) is 29.3 Å². The predicted octanol–water partition coefficient (Wildman–Crippen LogP) is 2.30. The van der Waals surface area contributed by atoms with Gasteiger partial charge in [-0.3, -0.25) is 0 Å². The molecule has 0 saturated heterocycles. The van der Waals surface area contributed by atoms with Gasteiger partial charge >= 0.3 is 0 Å². The smallest absolute Gasteiger partial charge is 0.108 e. The van der Waals surface area contributed by atoms with Crippen molar-refractivity contribution in [3.8, 4) is 0 Å². The summed E-state index contributed by atoms with van der Waals surface area (Å²) in [5.74, 6) is 0. The molecule has 2 N–H and O–H groups in total. The van der Waals surface area contributed by atoms with E-state index in [4.69, 9.17) is 0 Å². The number of aliphatic hydroxyl groups is 1. The van der Waals surface area contributed by atoms with E-state index in [0.29, 0.717) is 0 Å². The standard InChI is InChI=1S/C13H16N2OS/c16-9-13(6-3-7-13)14-8-12-15-10-4-1-2-5-11(10)17-12/h1-2,4-5,14,16H,3,6-9H2. The average molecular weight is 248 g/mol. The Morgan fingerprint density at radius 1 is 1.35 bits per heavy atom. The Balaban J connectivity index is 1.72. The van der Waals surface area contributed by atoms with Crippen LogP contribution >= 0.6 is 11.3 Å². The lowest BCUT2D eigenvalue weighted by atomic mass is 9.77. The van der Waals surface area contributed by atoms with Crippen LogP contribution in [0.3, 0.4) is 0 Å². The third kappa shape index (κ3) is 2.08. The van der Waals surface area contributed by atoms with Gasteiger partial charge in [-0.05, 0) is 31.4 Å². The van der Waals surface area contributed by atoms with E-state index in [1.807, 2.05) is 18.2 Å². The zero-order valence-corrected chi connectivity index (χ0v) is 10.5. The fraction of sp³-hybridized carbons (Fsp3) is 0.462. The van der Waals surface area contributed by atoms with Crippen LogP contribution in [0.5, 0.6) is 0 Å². The third-order valence-electron chi connectivity index (χ3n) is 3.57. The van der Waals surface area contributed by atoms with Crippen molar-refractivity contribution in [3.63, 3.8) is 0 Å². The SMILES string of the molecule is OCC1(NCc2nc3ccccc3s2)CCC1. The largest absolute Gasteiger partial charge is 0.394 e. The molecule has 1 aromatic heterocycles. The molecule has 1 saturated carbocycles. The first-order valence-corrected chi connectivity index (χ1v) is 6.83. The molecular formula is C13H16N2OS. The molecule has 1 fully saturated rings. The van der Waals surface area contributed by atoms with Crippen LogP contribution in [-0.2, 0) is 6.54 Å². The number of aliphatic hydroxyl groups excluding tert-OH is 1. The molecule has 3 rings (SSSR count). The van der Waals surface area contributed by atoms with Crippen LogP contribution in [0.1, 0.15) is 24.3 Å². The van der Waals surface area contributed by atoms with Gasteiger partial charge in [0.25, 0.3) is 0 Å². The van der Waals surface area contributed by atoms with Gasteiger partial charge in [0.2, 0.25) is 0 Å². The molecule has 0 spiro atoms. The maximum atomic E-state index is 9.37. The average Bonchev–Trinajstić information content (AvgIpc) is 2.71. The van der Waals surface area contributed by atoms with Crippen LogP contribution in [0.2, 0.25) is 0 Å². The van der Waals surface area contributed by atoms with Gasteiger partial charge in [-0.2, -0.15) is 0 Å². The lowest BCUT2D eigenvalue weighted by molar-refractivity contribution is 0.0872. The Morgan fingerprint density at radius 3 is 2.82 bits per heavy atom. The number of nitrogens with zero attached hydrogens (tertiary/aromatic N) is 1. The lowest BCUT2D eigenvalue weighted by Crippen LogP contribution is -2.53. The predicted molar refractivity (Wildman–Crippen MR) is 70.1 cm³/mol. The molecule has 17 heavy (non-hydrogen) atoms. The number of aromatic nitrogens is 1. The first-order chi connectivity index (χ1) is 8.31. The molecule has 0 bridgehead atoms. The lowest BCUT2D eigenvalue weighted by Gasteiger charge is -2.41. The van der Waals surface area contributed by atoms with Crippen LogP contribution in [0.25, 0.3) is 10.2 Å². The molecule has 1 heterocycles. The highest BCUT2D eigenvalue weighted by Gasteiger charge is 2.35. The summed E-state index contributed by atoms with van der Waals surface area (Å²) in [7, 11) is 0. The van der Waals surface area contributed by atoms with Gasteiger partial charge in [0.15, 0.2) is 0 Å². The van der Waals surface area contributed by atoms with E-state index in [1.54, 1.807) is 11.3 Å². The van der Waals surface area contributed by atoms with Crippen molar-refractivity contribution < 1.29 is 5.11 Å². The Bertz CT molecular complexity index is 480. The van der Waals surface area contributed by atoms with E-state index >= 15 is 0 Å². The summed E-state index contributed by atoms with van der Waals surface area (Å²) >= 11 is 1.73. The molecule has 1 aromatic carbocycles. The van der Waals surface area contributed by atoms with Crippen LogP contribution in [0.15, 0.2) is 24.3 Å². The van der Waals surface area contributed by atoms with Gasteiger partial charge in [-0.25, -0.2) is 4.98 Å². The summed E-state index contributed by atoms with van der Waals surface area (Å²) in [5.41, 5.74) is 1.04. The highest BCUT2D eigenvalue weighted by molar-refractivity contribution is 7.18. The molecule has 4 heteroatoms. The topological polar surface area (TPSA) is 45.1 Å². The molecule has 90 valence electrons. The summed E-state index contributed by atoms with van der Waals surface area (Å²) < 4.78 is 1.23. The second kappa shape index (κ2) is 4.37. The van der Waals surface area contributed by atoms with E-state index in [2.05, 4.69) is 16.4 Å². The molecule has 3 nitrogen and oxygen atoms in total. The number of benzene rings is 1. The first-order valence-electron chi connectivity index (χ1n) is 6.02. The fourth-order valence-corrected chi connectivity index (χ4v) is 3.16. The van der Waals surface area contributed by atoms with Crippen molar-refractivity contribution in [2.75, 3.05) is 6.61 Å². The molecule has 1 aliphatic rings. The minimum absolute atomic E-state index is 0.0299. The molecule has 2 aromatic rings. The van der Waals surface area contributed by atoms with Crippen molar-refractivity contribution in [2.24, 2.45) is 0 Å². The Kier molecular flexibility index (Phi) is 2.86. The quantitative estimate of drug-likeness (QED) is 0.872. The molecule has 0 unspecified atom stereocenters. The molecular weight excluding hydrogens is 232 g/mol. The number of hydrogen-bond donors (Lipinski definition) is 2. The normalized spacial score (nSPS) is 18.2. The molecule has 0 aliphatic heterocycles. The van der Waals surface area contributed by atoms with Crippen LogP contribution in [-0.4, -0.2) is 22.2 Å². The van der Waals surface area contributed by atoms with E-state index in [0.717, 1.165) is 29.9 Å². The number of thiazole rings is 1. The van der Waals surface area contributed by atoms with Crippen molar-refractivity contribution in [1.29, 1.82) is 0 Å². The van der Waals surface area contributed by atoms with Crippen molar-refractivity contribution >= 4 is 21.6 Å². The second-order valence-corrected chi connectivity index (χ2v) is 5.84. The zero-order chi connectivity index (χ0) is 11.7. The highest BCUT2D eigenvalue weighted by atomic mass is 32.1. The highest BCUT2D eigenvalue weighted by Crippen LogP contribution is 2.32. The summed E-state index contributed by atoms with van der Waals surface area (Å²) in [6.07, 6.45) is 3.37. The van der Waals surface area contributed by atoms with Crippen LogP contribution in [0.4, 0.5) is 0 Å². The number of hydrogen-bond acceptors (Lipinski definition) is 4. The second-order valence-electron chi connectivity index (χ2n) is 4.72. The number of para-hydroxylation sites is 1. The van der Waals surface area contributed by atoms with E-state index in [9.17, 15) is 5.11 Å². The van der Waals surface area contributed by atoms with E-state index in [-0.39, 0.29) is 12.1 Å². The first kappa shape index (κ1) is 11.1. The van der Waals surface area contributed by atoms with Crippen molar-refractivity contribution in [1.82, 2.24) is 10.3 Å². The maximum Gasteiger partial charge on any atom is 0.108 e. The Hall–Kier alpha value is -0.970. The van der Waals surface area contributed by atoms with Gasteiger partial charge in [-0.1, -0.05) is 12.1 Å². The number of rotatable bonds is 4. The van der Waals surface area contributed by atoms with Gasteiger partial charge in [0, 0.05) is 12.1 Å². The van der Waals surface area contributed by atoms with Gasteiger partial charge < -0.3 is 10.4 Å². The summed E-state index contributed by atoms with van der Waals surface area (Å²) in [6, 6.07) is 8.20. The summed E-state index contributed by atoms with van der Waals surface area (Å²) in [4.78, 5) is 4.58. The summed E-state index contributed by atoms with van der Waals surface area (Å²) in [5, 5.41) is 13.9. The van der Waals surface area contributed by atoms with Crippen molar-refractivity contribution in [2.45, 2.75) is 31.3 Å². The van der Waals surface area contributed by atoms with Crippen LogP contribution in [0, 0.1) is 0 Å². The minimum Gasteiger partial charge on any atom is -0.394 e. The Morgan fingerprint density at radius 2 is 2.18 bits per heavy atom. The monoisotopic (exact) mass is 248 g/mol. The van der Waals surface area contributed by atoms with E-state index < -0.39 is 0 Å². The maximum absolute atomic E-state index is 9.37. The number of nitrogens with one attached hydrogen (secondary N) is 1. The van der Waals surface area contributed by atoms with Gasteiger partial charge in [0.05, 0.1) is 16.8 Å². The molecule has 0 radical (unpaired) electrons. The molecule has 0 amide bonds. The minimum atomic E-state index is -0.0299. The van der Waals surface area contributed by atoms with Crippen LogP contribution < -0.4 is 5.32 Å². The third-order valence-corrected chi connectivity index (χ3v) is 4.60. The number of fused-ring (bicyclic) bond motifs is 1. The Labute approximate surface area is 105 Å². The van der Waals surface area contributed by atoms with E-state index in [1.165, 1.54) is 11.1 Å².